The van der Waals surface area contributed by atoms with Gasteiger partial charge in [-0.15, -0.1) is 0 Å². The number of para-hydroxylation sites is 1. The number of hydrogen-bond donors (Lipinski definition) is 1. The largest absolute Gasteiger partial charge is 0.383 e. The highest BCUT2D eigenvalue weighted by Gasteiger charge is 2.15. The van der Waals surface area contributed by atoms with Crippen LogP contribution in [0.15, 0.2) is 59.8 Å². The summed E-state index contributed by atoms with van der Waals surface area (Å²) in [5, 5.41) is 6.19. The molecule has 0 heterocycles. The number of carbonyl (C=O) groups excluding carboxylic acids is 1. The standard InChI is InChI=1S/C16H15FN2O2/c1-12(21-18-11-13-7-3-2-4-8-13)16(20)19-15-10-6-5-9-14(15)17/h2-12H,1H3,(H,19,20)/b18-11+. The Morgan fingerprint density at radius 1 is 1.19 bits per heavy atom. The lowest BCUT2D eigenvalue weighted by atomic mass is 10.2. The van der Waals surface area contributed by atoms with Crippen molar-refractivity contribution >= 4 is 17.8 Å². The molecule has 0 aromatic heterocycles. The lowest BCUT2D eigenvalue weighted by Gasteiger charge is -2.10. The molecule has 1 unspecified atom stereocenters. The molecule has 0 aliphatic carbocycles. The van der Waals surface area contributed by atoms with E-state index in [1.54, 1.807) is 19.1 Å². The van der Waals surface area contributed by atoms with Crippen molar-refractivity contribution < 1.29 is 14.0 Å². The molecule has 1 atom stereocenters. The Bertz CT molecular complexity index is 629. The maximum Gasteiger partial charge on any atom is 0.268 e. The number of hydrogen-bond acceptors (Lipinski definition) is 3. The third-order valence-electron chi connectivity index (χ3n) is 2.72. The van der Waals surface area contributed by atoms with Crippen molar-refractivity contribution in [3.05, 3.63) is 66.0 Å². The molecule has 2 rings (SSSR count). The monoisotopic (exact) mass is 286 g/mol. The van der Waals surface area contributed by atoms with E-state index in [4.69, 9.17) is 4.84 Å². The summed E-state index contributed by atoms with van der Waals surface area (Å²) < 4.78 is 13.4. The first-order valence-electron chi connectivity index (χ1n) is 6.46. The number of oxime groups is 1. The zero-order valence-corrected chi connectivity index (χ0v) is 11.5. The Labute approximate surface area is 122 Å². The number of anilines is 1. The van der Waals surface area contributed by atoms with Crippen LogP contribution in [0.25, 0.3) is 0 Å². The normalized spacial score (nSPS) is 12.1. The van der Waals surface area contributed by atoms with Gasteiger partial charge in [-0.2, -0.15) is 0 Å². The maximum absolute atomic E-state index is 13.4. The van der Waals surface area contributed by atoms with E-state index >= 15 is 0 Å². The Morgan fingerprint density at radius 2 is 1.86 bits per heavy atom. The van der Waals surface area contributed by atoms with E-state index in [0.717, 1.165) is 5.56 Å². The molecule has 0 fully saturated rings. The van der Waals surface area contributed by atoms with Crippen molar-refractivity contribution in [2.24, 2.45) is 5.16 Å². The second kappa shape index (κ2) is 7.19. The average molecular weight is 286 g/mol. The van der Waals surface area contributed by atoms with Gasteiger partial charge in [-0.25, -0.2) is 4.39 Å². The SMILES string of the molecule is CC(O/N=C/c1ccccc1)C(=O)Nc1ccccc1F. The van der Waals surface area contributed by atoms with Crippen molar-refractivity contribution in [3.8, 4) is 0 Å². The highest BCUT2D eigenvalue weighted by Crippen LogP contribution is 2.13. The second-order valence-electron chi connectivity index (χ2n) is 4.36. The minimum Gasteiger partial charge on any atom is -0.383 e. The Kier molecular flexibility index (Phi) is 5.04. The van der Waals surface area contributed by atoms with Crippen LogP contribution in [0.4, 0.5) is 10.1 Å². The number of nitrogens with zero attached hydrogens (tertiary/aromatic N) is 1. The summed E-state index contributed by atoms with van der Waals surface area (Å²) in [4.78, 5) is 16.9. The fourth-order valence-electron chi connectivity index (χ4n) is 1.57. The summed E-state index contributed by atoms with van der Waals surface area (Å²) in [6, 6.07) is 15.3. The molecule has 4 nitrogen and oxygen atoms in total. The Hall–Kier alpha value is -2.69. The molecule has 0 aliphatic rings. The Morgan fingerprint density at radius 3 is 2.57 bits per heavy atom. The van der Waals surface area contributed by atoms with Gasteiger partial charge < -0.3 is 10.2 Å². The van der Waals surface area contributed by atoms with Crippen LogP contribution < -0.4 is 5.32 Å². The van der Waals surface area contributed by atoms with E-state index in [1.165, 1.54) is 18.3 Å². The topological polar surface area (TPSA) is 50.7 Å². The minimum absolute atomic E-state index is 0.116. The predicted molar refractivity (Wildman–Crippen MR) is 79.6 cm³/mol. The van der Waals surface area contributed by atoms with E-state index in [9.17, 15) is 9.18 Å². The molecule has 0 spiro atoms. The van der Waals surface area contributed by atoms with Gasteiger partial charge in [-0.1, -0.05) is 47.6 Å². The fourth-order valence-corrected chi connectivity index (χ4v) is 1.57. The Balaban J connectivity index is 1.88. The predicted octanol–water partition coefficient (Wildman–Crippen LogP) is 3.20. The molecule has 2 aromatic rings. The van der Waals surface area contributed by atoms with Gasteiger partial charge in [0.05, 0.1) is 11.9 Å². The highest BCUT2D eigenvalue weighted by atomic mass is 19.1. The maximum atomic E-state index is 13.4. The quantitative estimate of drug-likeness (QED) is 0.678. The van der Waals surface area contributed by atoms with Crippen molar-refractivity contribution in [1.82, 2.24) is 0 Å². The van der Waals surface area contributed by atoms with Crippen LogP contribution in [-0.4, -0.2) is 18.2 Å². The van der Waals surface area contributed by atoms with Crippen LogP contribution >= 0.6 is 0 Å². The van der Waals surface area contributed by atoms with Gasteiger partial charge in [0, 0.05) is 0 Å². The van der Waals surface area contributed by atoms with Crippen LogP contribution in [-0.2, 0) is 9.63 Å². The van der Waals surface area contributed by atoms with Crippen LogP contribution in [0.5, 0.6) is 0 Å². The van der Waals surface area contributed by atoms with Crippen molar-refractivity contribution in [2.45, 2.75) is 13.0 Å². The van der Waals surface area contributed by atoms with Gasteiger partial charge in [0.15, 0.2) is 0 Å². The summed E-state index contributed by atoms with van der Waals surface area (Å²) in [6.07, 6.45) is 0.678. The van der Waals surface area contributed by atoms with E-state index < -0.39 is 17.8 Å². The lowest BCUT2D eigenvalue weighted by Crippen LogP contribution is -2.26. The van der Waals surface area contributed by atoms with E-state index in [2.05, 4.69) is 10.5 Å². The minimum atomic E-state index is -0.829. The molecule has 0 saturated carbocycles. The number of nitrogens with one attached hydrogen (secondary N) is 1. The molecule has 2 aromatic carbocycles. The number of rotatable bonds is 5. The molecule has 0 bridgehead atoms. The molecule has 5 heteroatoms. The number of amides is 1. The van der Waals surface area contributed by atoms with Gasteiger partial charge in [0.1, 0.15) is 5.82 Å². The molecule has 0 saturated heterocycles. The van der Waals surface area contributed by atoms with E-state index in [0.29, 0.717) is 0 Å². The van der Waals surface area contributed by atoms with Gasteiger partial charge in [-0.3, -0.25) is 4.79 Å². The summed E-state index contributed by atoms with van der Waals surface area (Å²) in [6.45, 7) is 1.54. The third-order valence-corrected chi connectivity index (χ3v) is 2.72. The molecule has 0 aliphatic heterocycles. The summed E-state index contributed by atoms with van der Waals surface area (Å²) in [5.41, 5.74) is 0.976. The molecule has 1 N–H and O–H groups in total. The third kappa shape index (κ3) is 4.42. The first-order valence-corrected chi connectivity index (χ1v) is 6.46. The average Bonchev–Trinajstić information content (AvgIpc) is 2.50. The number of halogens is 1. The number of carbonyl (C=O) groups is 1. The van der Waals surface area contributed by atoms with Crippen molar-refractivity contribution in [3.63, 3.8) is 0 Å². The van der Waals surface area contributed by atoms with Crippen molar-refractivity contribution in [2.75, 3.05) is 5.32 Å². The molecule has 0 radical (unpaired) electrons. The second-order valence-corrected chi connectivity index (χ2v) is 4.36. The molecular formula is C16H15FN2O2. The molecule has 108 valence electrons. The fraction of sp³-hybridized carbons (Fsp3) is 0.125. The van der Waals surface area contributed by atoms with Gasteiger partial charge in [-0.05, 0) is 24.6 Å². The van der Waals surface area contributed by atoms with E-state index in [-0.39, 0.29) is 5.69 Å². The first-order chi connectivity index (χ1) is 10.2. The zero-order valence-electron chi connectivity index (χ0n) is 11.5. The van der Waals surface area contributed by atoms with Crippen LogP contribution in [0.1, 0.15) is 12.5 Å². The summed E-state index contributed by atoms with van der Waals surface area (Å²) in [5.74, 6) is -0.962. The van der Waals surface area contributed by atoms with Gasteiger partial charge in [0.25, 0.3) is 5.91 Å². The van der Waals surface area contributed by atoms with Crippen LogP contribution in [0, 0.1) is 5.82 Å². The highest BCUT2D eigenvalue weighted by molar-refractivity contribution is 5.94. The molecular weight excluding hydrogens is 271 g/mol. The lowest BCUT2D eigenvalue weighted by molar-refractivity contribution is -0.126. The molecule has 21 heavy (non-hydrogen) atoms. The summed E-state index contributed by atoms with van der Waals surface area (Å²) in [7, 11) is 0. The molecule has 1 amide bonds. The van der Waals surface area contributed by atoms with Crippen LogP contribution in [0.2, 0.25) is 0 Å². The van der Waals surface area contributed by atoms with Gasteiger partial charge in [0.2, 0.25) is 6.10 Å². The van der Waals surface area contributed by atoms with Crippen molar-refractivity contribution in [1.29, 1.82) is 0 Å². The number of benzene rings is 2. The van der Waals surface area contributed by atoms with Gasteiger partial charge >= 0.3 is 0 Å². The smallest absolute Gasteiger partial charge is 0.268 e. The summed E-state index contributed by atoms with van der Waals surface area (Å²) >= 11 is 0. The van der Waals surface area contributed by atoms with Crippen LogP contribution in [0.3, 0.4) is 0 Å². The zero-order chi connectivity index (χ0) is 15.1. The first kappa shape index (κ1) is 14.7. The van der Waals surface area contributed by atoms with E-state index in [1.807, 2.05) is 30.3 Å².